The van der Waals surface area contributed by atoms with Crippen molar-refractivity contribution in [2.24, 2.45) is 0 Å². The van der Waals surface area contributed by atoms with E-state index in [-0.39, 0.29) is 23.8 Å². The third kappa shape index (κ3) is 6.99. The number of rotatable bonds is 10. The van der Waals surface area contributed by atoms with Crippen LogP contribution in [0.25, 0.3) is 0 Å². The molecule has 0 fully saturated rings. The Balaban J connectivity index is 1.90. The van der Waals surface area contributed by atoms with Gasteiger partial charge in [0.05, 0.1) is 30.1 Å². The van der Waals surface area contributed by atoms with Crippen LogP contribution in [0.4, 0.5) is 0 Å². The van der Waals surface area contributed by atoms with Gasteiger partial charge in [-0.2, -0.15) is 0 Å². The number of amides is 1. The number of ether oxygens (including phenoxy) is 1. The van der Waals surface area contributed by atoms with E-state index in [0.29, 0.717) is 6.54 Å². The number of aliphatic hydroxyl groups is 1. The molecular weight excluding hydrogens is 382 g/mol. The molecule has 0 saturated carbocycles. The lowest BCUT2D eigenvalue weighted by atomic mass is 10.1. The van der Waals surface area contributed by atoms with E-state index in [1.165, 1.54) is 12.1 Å². The van der Waals surface area contributed by atoms with Crippen molar-refractivity contribution < 1.29 is 23.1 Å². The molecule has 0 saturated heterocycles. The van der Waals surface area contributed by atoms with Crippen LogP contribution in [-0.4, -0.2) is 76.4 Å². The van der Waals surface area contributed by atoms with Crippen LogP contribution in [0.15, 0.2) is 47.4 Å². The van der Waals surface area contributed by atoms with Crippen LogP contribution in [0.3, 0.4) is 0 Å². The number of nitrogens with zero attached hydrogens (tertiary/aromatic N) is 1. The second-order valence-electron chi connectivity index (χ2n) is 6.95. The van der Waals surface area contributed by atoms with Gasteiger partial charge in [-0.25, -0.2) is 13.1 Å². The second-order valence-corrected chi connectivity index (χ2v) is 8.67. The van der Waals surface area contributed by atoms with E-state index in [4.69, 9.17) is 4.74 Å². The molecule has 3 N–H and O–H groups in total. The molecule has 1 amide bonds. The van der Waals surface area contributed by atoms with Crippen molar-refractivity contribution in [3.8, 4) is 0 Å². The lowest BCUT2D eigenvalue weighted by molar-refractivity contribution is -0.125. The van der Waals surface area contributed by atoms with Crippen molar-refractivity contribution in [2.45, 2.75) is 36.0 Å². The van der Waals surface area contributed by atoms with Crippen molar-refractivity contribution in [2.75, 3.05) is 33.8 Å². The highest BCUT2D eigenvalue weighted by atomic mass is 32.2. The quantitative estimate of drug-likeness (QED) is 0.373. The van der Waals surface area contributed by atoms with Crippen molar-refractivity contribution in [1.29, 1.82) is 0 Å². The Morgan fingerprint density at radius 1 is 1.21 bits per heavy atom. The van der Waals surface area contributed by atoms with Crippen LogP contribution in [-0.2, 0) is 19.6 Å². The van der Waals surface area contributed by atoms with E-state index >= 15 is 0 Å². The van der Waals surface area contributed by atoms with Gasteiger partial charge in [-0.1, -0.05) is 30.4 Å². The minimum absolute atomic E-state index is 0.118. The van der Waals surface area contributed by atoms with Crippen molar-refractivity contribution in [3.63, 3.8) is 0 Å². The summed E-state index contributed by atoms with van der Waals surface area (Å²) in [7, 11) is 0.203. The monoisotopic (exact) mass is 411 g/mol. The zero-order valence-electron chi connectivity index (χ0n) is 16.2. The number of aliphatic hydroxyl groups excluding tert-OH is 1. The maximum Gasteiger partial charge on any atom is 0.241 e. The fourth-order valence-corrected chi connectivity index (χ4v) is 4.08. The zero-order valence-corrected chi connectivity index (χ0v) is 17.1. The topological polar surface area (TPSA) is 108 Å². The number of sulfonamides is 1. The summed E-state index contributed by atoms with van der Waals surface area (Å²) in [5, 5.41) is 12.4. The van der Waals surface area contributed by atoms with Crippen molar-refractivity contribution in [3.05, 3.63) is 42.5 Å². The predicted molar refractivity (Wildman–Crippen MR) is 106 cm³/mol. The summed E-state index contributed by atoms with van der Waals surface area (Å²) in [6.45, 7) is 1.10. The molecule has 2 rings (SSSR count). The average Bonchev–Trinajstić information content (AvgIpc) is 2.67. The van der Waals surface area contributed by atoms with Crippen molar-refractivity contribution >= 4 is 15.9 Å². The van der Waals surface area contributed by atoms with Gasteiger partial charge in [0, 0.05) is 6.54 Å². The molecule has 1 aliphatic rings. The lowest BCUT2D eigenvalue weighted by Crippen LogP contribution is -2.49. The largest absolute Gasteiger partial charge is 0.394 e. The Hall–Kier alpha value is -1.78. The van der Waals surface area contributed by atoms with E-state index in [0.717, 1.165) is 13.0 Å². The number of hydrogen-bond donors (Lipinski definition) is 3. The third-order valence-electron chi connectivity index (χ3n) is 4.30. The molecule has 8 nitrogen and oxygen atoms in total. The number of hydrogen-bond acceptors (Lipinski definition) is 6. The van der Waals surface area contributed by atoms with Gasteiger partial charge in [0.2, 0.25) is 15.9 Å². The first-order valence-electron chi connectivity index (χ1n) is 9.25. The van der Waals surface area contributed by atoms with Crippen LogP contribution in [0.2, 0.25) is 0 Å². The molecule has 0 aliphatic carbocycles. The van der Waals surface area contributed by atoms with Gasteiger partial charge in [0.25, 0.3) is 0 Å². The Bertz CT molecular complexity index is 752. The molecule has 28 heavy (non-hydrogen) atoms. The Kier molecular flexibility index (Phi) is 8.58. The number of carbonyl (C=O) groups excluding carboxylic acids is 1. The number of benzene rings is 1. The molecule has 0 radical (unpaired) electrons. The van der Waals surface area contributed by atoms with E-state index in [1.54, 1.807) is 30.4 Å². The molecule has 156 valence electrons. The van der Waals surface area contributed by atoms with Gasteiger partial charge in [-0.15, -0.1) is 0 Å². The first-order valence-corrected chi connectivity index (χ1v) is 10.7. The SMILES string of the molecule is CN(C)CCCNC(=O)C[C@H]1C=C[C@@H](NS(=O)(=O)c2ccccc2)[C@H](CO)O1. The standard InChI is InChI=1S/C19H29N3O5S/c1-22(2)12-6-11-20-19(24)13-15-9-10-17(18(14-23)27-15)21-28(25,26)16-7-4-3-5-8-16/h3-5,7-10,15,17-18,21,23H,6,11-14H2,1-2H3,(H,20,24)/t15-,17-,18+/m1/s1. The second kappa shape index (κ2) is 10.7. The molecule has 0 unspecified atom stereocenters. The van der Waals surface area contributed by atoms with E-state index < -0.39 is 28.3 Å². The third-order valence-corrected chi connectivity index (χ3v) is 5.77. The summed E-state index contributed by atoms with van der Waals surface area (Å²) in [5.41, 5.74) is 0. The molecule has 1 aromatic carbocycles. The lowest BCUT2D eigenvalue weighted by Gasteiger charge is -2.31. The van der Waals surface area contributed by atoms with Gasteiger partial charge >= 0.3 is 0 Å². The highest BCUT2D eigenvalue weighted by molar-refractivity contribution is 7.89. The molecular formula is C19H29N3O5S. The summed E-state index contributed by atoms with van der Waals surface area (Å²) in [6, 6.07) is 7.28. The maximum atomic E-state index is 12.5. The zero-order chi connectivity index (χ0) is 20.6. The average molecular weight is 412 g/mol. The summed E-state index contributed by atoms with van der Waals surface area (Å²) >= 11 is 0. The molecule has 1 aromatic rings. The Morgan fingerprint density at radius 3 is 2.57 bits per heavy atom. The fourth-order valence-electron chi connectivity index (χ4n) is 2.83. The summed E-state index contributed by atoms with van der Waals surface area (Å²) in [5.74, 6) is -0.145. The predicted octanol–water partition coefficient (Wildman–Crippen LogP) is 0.107. The molecule has 0 bridgehead atoms. The minimum Gasteiger partial charge on any atom is -0.394 e. The van der Waals surface area contributed by atoms with Crippen LogP contribution in [0, 0.1) is 0 Å². The maximum absolute atomic E-state index is 12.5. The normalized spacial score (nSPS) is 22.4. The Morgan fingerprint density at radius 2 is 1.93 bits per heavy atom. The summed E-state index contributed by atoms with van der Waals surface area (Å²) < 4.78 is 33.2. The van der Waals surface area contributed by atoms with Gasteiger partial charge < -0.3 is 20.1 Å². The van der Waals surface area contributed by atoms with Gasteiger partial charge in [0.1, 0.15) is 6.10 Å². The first-order chi connectivity index (χ1) is 13.3. The first kappa shape index (κ1) is 22.5. The summed E-state index contributed by atoms with van der Waals surface area (Å²) in [6.07, 6.45) is 2.98. The smallest absolute Gasteiger partial charge is 0.241 e. The van der Waals surface area contributed by atoms with E-state index in [2.05, 4.69) is 10.0 Å². The van der Waals surface area contributed by atoms with E-state index in [1.807, 2.05) is 19.0 Å². The number of nitrogens with one attached hydrogen (secondary N) is 2. The highest BCUT2D eigenvalue weighted by Gasteiger charge is 2.31. The van der Waals surface area contributed by atoms with Crippen LogP contribution in [0.5, 0.6) is 0 Å². The van der Waals surface area contributed by atoms with Gasteiger partial charge in [0.15, 0.2) is 0 Å². The summed E-state index contributed by atoms with van der Waals surface area (Å²) in [4.78, 5) is 14.2. The van der Waals surface area contributed by atoms with Crippen molar-refractivity contribution in [1.82, 2.24) is 14.9 Å². The van der Waals surface area contributed by atoms with E-state index in [9.17, 15) is 18.3 Å². The molecule has 0 spiro atoms. The van der Waals surface area contributed by atoms with Crippen LogP contribution in [0.1, 0.15) is 12.8 Å². The van der Waals surface area contributed by atoms with Crippen LogP contribution < -0.4 is 10.0 Å². The molecule has 9 heteroatoms. The Labute approximate surface area is 166 Å². The fraction of sp³-hybridized carbons (Fsp3) is 0.526. The van der Waals surface area contributed by atoms with Gasteiger partial charge in [-0.3, -0.25) is 4.79 Å². The minimum atomic E-state index is -3.74. The molecule has 1 aliphatic heterocycles. The van der Waals surface area contributed by atoms with Crippen LogP contribution >= 0.6 is 0 Å². The molecule has 3 atom stereocenters. The highest BCUT2D eigenvalue weighted by Crippen LogP contribution is 2.18. The number of carbonyl (C=O) groups is 1. The molecule has 0 aromatic heterocycles. The molecule has 1 heterocycles. The van der Waals surface area contributed by atoms with Gasteiger partial charge in [-0.05, 0) is 39.2 Å².